The van der Waals surface area contributed by atoms with E-state index in [-0.39, 0.29) is 34.7 Å². The molecule has 170 valence electrons. The van der Waals surface area contributed by atoms with Gasteiger partial charge in [0, 0.05) is 24.2 Å². The fraction of sp³-hybridized carbons (Fsp3) is 0.120. The molecule has 0 bridgehead atoms. The predicted octanol–water partition coefficient (Wildman–Crippen LogP) is 4.48. The summed E-state index contributed by atoms with van der Waals surface area (Å²) >= 11 is 0. The van der Waals surface area contributed by atoms with Crippen molar-refractivity contribution in [2.24, 2.45) is 0 Å². The molecule has 0 radical (unpaired) electrons. The highest BCUT2D eigenvalue weighted by atomic mass is 16.6. The molecule has 4 aromatic rings. The number of esters is 1. The van der Waals surface area contributed by atoms with Gasteiger partial charge >= 0.3 is 5.97 Å². The van der Waals surface area contributed by atoms with Gasteiger partial charge in [0.05, 0.1) is 32.9 Å². The van der Waals surface area contributed by atoms with Crippen molar-refractivity contribution >= 4 is 34.2 Å². The van der Waals surface area contributed by atoms with E-state index in [1.165, 1.54) is 30.3 Å². The van der Waals surface area contributed by atoms with Crippen LogP contribution in [0.3, 0.4) is 0 Å². The minimum atomic E-state index is -0.709. The SMILES string of the molecule is CNc1ccc(C(=O)c2ccccc2C(=O)OCc2nc3ccccc3nc2C)cc1[N+](=O)[O-]. The maximum Gasteiger partial charge on any atom is 0.339 e. The molecule has 4 rings (SSSR count). The number of nitrogens with one attached hydrogen (secondary N) is 1. The molecule has 9 nitrogen and oxygen atoms in total. The van der Waals surface area contributed by atoms with E-state index in [0.717, 1.165) is 5.52 Å². The van der Waals surface area contributed by atoms with Gasteiger partial charge in [-0.05, 0) is 37.3 Å². The summed E-state index contributed by atoms with van der Waals surface area (Å²) in [6.07, 6.45) is 0. The van der Waals surface area contributed by atoms with Gasteiger partial charge in [0.2, 0.25) is 0 Å². The zero-order valence-corrected chi connectivity index (χ0v) is 18.4. The molecule has 0 amide bonds. The van der Waals surface area contributed by atoms with Crippen LogP contribution in [0.4, 0.5) is 11.4 Å². The number of anilines is 1. The molecule has 3 aromatic carbocycles. The van der Waals surface area contributed by atoms with Gasteiger partial charge in [-0.1, -0.05) is 30.3 Å². The van der Waals surface area contributed by atoms with Crippen LogP contribution in [0.15, 0.2) is 66.7 Å². The van der Waals surface area contributed by atoms with Crippen molar-refractivity contribution in [2.45, 2.75) is 13.5 Å². The first-order valence-electron chi connectivity index (χ1n) is 10.4. The number of aromatic nitrogens is 2. The van der Waals surface area contributed by atoms with E-state index in [1.807, 2.05) is 24.3 Å². The van der Waals surface area contributed by atoms with Crippen LogP contribution in [0.1, 0.15) is 37.7 Å². The zero-order chi connectivity index (χ0) is 24.2. The van der Waals surface area contributed by atoms with Crippen LogP contribution < -0.4 is 5.32 Å². The highest BCUT2D eigenvalue weighted by molar-refractivity contribution is 6.14. The minimum absolute atomic E-state index is 0.0549. The van der Waals surface area contributed by atoms with E-state index in [9.17, 15) is 19.7 Å². The van der Waals surface area contributed by atoms with E-state index >= 15 is 0 Å². The molecule has 0 saturated heterocycles. The van der Waals surface area contributed by atoms with E-state index < -0.39 is 16.7 Å². The standard InChI is InChI=1S/C25H20N4O5/c1-15-22(28-20-10-6-5-9-19(20)27-15)14-34-25(31)18-8-4-3-7-17(18)24(30)16-11-12-21(26-2)23(13-16)29(32)33/h3-13,26H,14H2,1-2H3. The molecular formula is C25H20N4O5. The number of aryl methyl sites for hydroxylation is 1. The summed E-state index contributed by atoms with van der Waals surface area (Å²) < 4.78 is 5.46. The normalized spacial score (nSPS) is 10.6. The third kappa shape index (κ3) is 4.44. The van der Waals surface area contributed by atoms with Crippen LogP contribution in [0.25, 0.3) is 11.0 Å². The number of benzene rings is 3. The Labute approximate surface area is 194 Å². The third-order valence-corrected chi connectivity index (χ3v) is 5.30. The van der Waals surface area contributed by atoms with Gasteiger partial charge in [-0.15, -0.1) is 0 Å². The molecule has 0 aliphatic heterocycles. The van der Waals surface area contributed by atoms with Crippen molar-refractivity contribution in [3.63, 3.8) is 0 Å². The fourth-order valence-electron chi connectivity index (χ4n) is 3.52. The van der Waals surface area contributed by atoms with Crippen LogP contribution in [0.2, 0.25) is 0 Å². The molecule has 1 heterocycles. The lowest BCUT2D eigenvalue weighted by molar-refractivity contribution is -0.384. The average molecular weight is 456 g/mol. The molecule has 0 atom stereocenters. The van der Waals surface area contributed by atoms with E-state index in [1.54, 1.807) is 26.1 Å². The van der Waals surface area contributed by atoms with Crippen molar-refractivity contribution in [3.8, 4) is 0 Å². The van der Waals surface area contributed by atoms with Crippen molar-refractivity contribution in [2.75, 3.05) is 12.4 Å². The number of ketones is 1. The monoisotopic (exact) mass is 456 g/mol. The van der Waals surface area contributed by atoms with Crippen LogP contribution in [0, 0.1) is 17.0 Å². The number of carbonyl (C=O) groups excluding carboxylic acids is 2. The summed E-state index contributed by atoms with van der Waals surface area (Å²) in [5.74, 6) is -1.24. The number of fused-ring (bicyclic) bond motifs is 1. The van der Waals surface area contributed by atoms with Gasteiger partial charge in [0.1, 0.15) is 12.3 Å². The average Bonchev–Trinajstić information content (AvgIpc) is 2.86. The molecule has 0 saturated carbocycles. The second-order valence-corrected chi connectivity index (χ2v) is 7.43. The largest absolute Gasteiger partial charge is 0.455 e. The summed E-state index contributed by atoms with van der Waals surface area (Å²) in [6.45, 7) is 1.66. The van der Waals surface area contributed by atoms with Gasteiger partial charge in [-0.3, -0.25) is 14.9 Å². The van der Waals surface area contributed by atoms with Gasteiger partial charge in [-0.25, -0.2) is 14.8 Å². The van der Waals surface area contributed by atoms with Crippen molar-refractivity contribution < 1.29 is 19.2 Å². The molecule has 1 N–H and O–H groups in total. The minimum Gasteiger partial charge on any atom is -0.455 e. The number of hydrogen-bond donors (Lipinski definition) is 1. The Morgan fingerprint density at radius 1 is 0.971 bits per heavy atom. The summed E-state index contributed by atoms with van der Waals surface area (Å²) in [6, 6.07) is 17.7. The lowest BCUT2D eigenvalue weighted by atomic mass is 9.97. The molecule has 0 unspecified atom stereocenters. The van der Waals surface area contributed by atoms with Gasteiger partial charge in [0.25, 0.3) is 5.69 Å². The topological polar surface area (TPSA) is 124 Å². The summed E-state index contributed by atoms with van der Waals surface area (Å²) in [5, 5.41) is 14.1. The Bertz CT molecular complexity index is 1430. The van der Waals surface area contributed by atoms with Gasteiger partial charge in [0.15, 0.2) is 5.78 Å². The molecule has 1 aromatic heterocycles. The summed E-state index contributed by atoms with van der Waals surface area (Å²) in [7, 11) is 1.55. The van der Waals surface area contributed by atoms with Crippen LogP contribution in [-0.2, 0) is 11.3 Å². The van der Waals surface area contributed by atoms with E-state index in [2.05, 4.69) is 15.3 Å². The first-order valence-corrected chi connectivity index (χ1v) is 10.4. The predicted molar refractivity (Wildman–Crippen MR) is 126 cm³/mol. The molecule has 0 aliphatic rings. The second-order valence-electron chi connectivity index (χ2n) is 7.43. The Kier molecular flexibility index (Phi) is 6.26. The third-order valence-electron chi connectivity index (χ3n) is 5.30. The van der Waals surface area contributed by atoms with Crippen molar-refractivity contribution in [3.05, 3.63) is 105 Å². The Hall–Kier alpha value is -4.66. The Morgan fingerprint density at radius 2 is 1.62 bits per heavy atom. The molecule has 34 heavy (non-hydrogen) atoms. The number of nitrogens with zero attached hydrogens (tertiary/aromatic N) is 3. The van der Waals surface area contributed by atoms with Crippen LogP contribution in [0.5, 0.6) is 0 Å². The Balaban J connectivity index is 1.59. The fourth-order valence-corrected chi connectivity index (χ4v) is 3.52. The Morgan fingerprint density at radius 3 is 2.29 bits per heavy atom. The van der Waals surface area contributed by atoms with Crippen LogP contribution >= 0.6 is 0 Å². The molecular weight excluding hydrogens is 436 g/mol. The van der Waals surface area contributed by atoms with Gasteiger partial charge < -0.3 is 10.1 Å². The molecule has 9 heteroatoms. The second kappa shape index (κ2) is 9.45. The van der Waals surface area contributed by atoms with Crippen molar-refractivity contribution in [1.82, 2.24) is 9.97 Å². The van der Waals surface area contributed by atoms with Crippen molar-refractivity contribution in [1.29, 1.82) is 0 Å². The number of hydrogen-bond acceptors (Lipinski definition) is 8. The number of rotatable bonds is 7. The highest BCUT2D eigenvalue weighted by Gasteiger charge is 2.22. The number of para-hydroxylation sites is 2. The quantitative estimate of drug-likeness (QED) is 0.187. The number of nitro benzene ring substituents is 1. The highest BCUT2D eigenvalue weighted by Crippen LogP contribution is 2.27. The maximum atomic E-state index is 13.1. The van der Waals surface area contributed by atoms with E-state index in [0.29, 0.717) is 16.9 Å². The van der Waals surface area contributed by atoms with E-state index in [4.69, 9.17) is 4.74 Å². The smallest absolute Gasteiger partial charge is 0.339 e. The van der Waals surface area contributed by atoms with Crippen LogP contribution in [-0.4, -0.2) is 33.7 Å². The lowest BCUT2D eigenvalue weighted by Gasteiger charge is -2.11. The number of nitro groups is 1. The first kappa shape index (κ1) is 22.5. The molecule has 0 fully saturated rings. The summed E-state index contributed by atoms with van der Waals surface area (Å²) in [5.41, 5.74) is 2.83. The lowest BCUT2D eigenvalue weighted by Crippen LogP contribution is -2.14. The summed E-state index contributed by atoms with van der Waals surface area (Å²) in [4.78, 5) is 45.8. The van der Waals surface area contributed by atoms with Gasteiger partial charge in [-0.2, -0.15) is 0 Å². The molecule has 0 aliphatic carbocycles. The molecule has 0 spiro atoms. The number of ether oxygens (including phenoxy) is 1. The maximum absolute atomic E-state index is 13.1. The number of carbonyl (C=O) groups is 2. The zero-order valence-electron chi connectivity index (χ0n) is 18.4. The first-order chi connectivity index (χ1) is 16.4.